The monoisotopic (exact) mass is 257 g/mol. The third kappa shape index (κ3) is 3.22. The molecule has 0 bridgehead atoms. The molecule has 0 radical (unpaired) electrons. The Morgan fingerprint density at radius 1 is 1.50 bits per heavy atom. The van der Waals surface area contributed by atoms with Gasteiger partial charge in [-0.05, 0) is 12.8 Å². The van der Waals surface area contributed by atoms with Crippen molar-refractivity contribution in [1.29, 1.82) is 0 Å². The van der Waals surface area contributed by atoms with E-state index in [4.69, 9.17) is 5.11 Å². The van der Waals surface area contributed by atoms with Gasteiger partial charge in [0.2, 0.25) is 5.01 Å². The van der Waals surface area contributed by atoms with Crippen LogP contribution in [0.5, 0.6) is 0 Å². The molecule has 0 saturated heterocycles. The maximum atomic E-state index is 10.7. The average Bonchev–Trinajstić information content (AvgIpc) is 2.76. The Morgan fingerprint density at radius 3 is 2.88 bits per heavy atom. The Bertz CT molecular complexity index is 359. The van der Waals surface area contributed by atoms with Gasteiger partial charge in [-0.15, -0.1) is 11.3 Å². The molecule has 1 aliphatic rings. The molecular formula is C11H15NO2S2. The minimum atomic E-state index is -0.918. The summed E-state index contributed by atoms with van der Waals surface area (Å²) in [5.41, 5.74) is 0.915. The topological polar surface area (TPSA) is 50.2 Å². The summed E-state index contributed by atoms with van der Waals surface area (Å²) in [5.74, 6) is -0.0621. The van der Waals surface area contributed by atoms with Crippen LogP contribution in [0.2, 0.25) is 0 Å². The smallest absolute Gasteiger partial charge is 0.365 e. The van der Waals surface area contributed by atoms with Crippen molar-refractivity contribution in [3.8, 4) is 0 Å². The van der Waals surface area contributed by atoms with Crippen LogP contribution in [0, 0.1) is 0 Å². The van der Waals surface area contributed by atoms with Gasteiger partial charge in [-0.2, -0.15) is 11.8 Å². The van der Waals surface area contributed by atoms with Crippen molar-refractivity contribution in [3.63, 3.8) is 0 Å². The second-order valence-corrected chi connectivity index (χ2v) is 6.17. The number of rotatable bonds is 4. The molecule has 1 aromatic heterocycles. The molecule has 1 heterocycles. The molecule has 0 aromatic carbocycles. The molecule has 0 amide bonds. The molecule has 0 unspecified atom stereocenters. The summed E-state index contributed by atoms with van der Waals surface area (Å²) in [6.45, 7) is 0. The Hall–Kier alpha value is -0.550. The molecule has 1 aromatic rings. The predicted octanol–water partition coefficient (Wildman–Crippen LogP) is 3.41. The van der Waals surface area contributed by atoms with Crippen molar-refractivity contribution in [3.05, 3.63) is 16.1 Å². The highest BCUT2D eigenvalue weighted by molar-refractivity contribution is 7.99. The van der Waals surface area contributed by atoms with Gasteiger partial charge < -0.3 is 5.11 Å². The lowest BCUT2D eigenvalue weighted by Gasteiger charge is -2.20. The highest BCUT2D eigenvalue weighted by Crippen LogP contribution is 2.30. The fourth-order valence-electron chi connectivity index (χ4n) is 1.91. The van der Waals surface area contributed by atoms with Crippen molar-refractivity contribution in [2.75, 3.05) is 0 Å². The van der Waals surface area contributed by atoms with Gasteiger partial charge in [0, 0.05) is 16.4 Å². The first-order valence-corrected chi connectivity index (χ1v) is 7.48. The lowest BCUT2D eigenvalue weighted by Crippen LogP contribution is -2.08. The fourth-order valence-corrected chi connectivity index (χ4v) is 3.89. The summed E-state index contributed by atoms with van der Waals surface area (Å²) in [5, 5.41) is 11.6. The third-order valence-electron chi connectivity index (χ3n) is 2.75. The van der Waals surface area contributed by atoms with Gasteiger partial charge in [0.05, 0.1) is 5.69 Å². The van der Waals surface area contributed by atoms with Gasteiger partial charge in [-0.25, -0.2) is 9.78 Å². The number of carboxylic acids is 1. The average molecular weight is 257 g/mol. The highest BCUT2D eigenvalue weighted by Gasteiger charge is 2.15. The molecule has 1 aliphatic carbocycles. The van der Waals surface area contributed by atoms with E-state index >= 15 is 0 Å². The summed E-state index contributed by atoms with van der Waals surface area (Å²) in [4.78, 5) is 14.8. The Morgan fingerprint density at radius 2 is 2.25 bits per heavy atom. The number of thiazole rings is 1. The van der Waals surface area contributed by atoms with Gasteiger partial charge in [0.25, 0.3) is 0 Å². The van der Waals surface area contributed by atoms with E-state index in [1.807, 2.05) is 17.1 Å². The van der Waals surface area contributed by atoms with Crippen molar-refractivity contribution >= 4 is 29.1 Å². The van der Waals surface area contributed by atoms with Crippen LogP contribution in [0.3, 0.4) is 0 Å². The minimum Gasteiger partial charge on any atom is -0.476 e. The highest BCUT2D eigenvalue weighted by atomic mass is 32.2. The maximum Gasteiger partial charge on any atom is 0.365 e. The summed E-state index contributed by atoms with van der Waals surface area (Å²) in [7, 11) is 0. The predicted molar refractivity (Wildman–Crippen MR) is 67.2 cm³/mol. The van der Waals surface area contributed by atoms with E-state index in [1.54, 1.807) is 0 Å². The number of aromatic carboxylic acids is 1. The molecule has 0 spiro atoms. The first-order valence-electron chi connectivity index (χ1n) is 5.55. The van der Waals surface area contributed by atoms with E-state index in [1.165, 1.54) is 43.4 Å². The van der Waals surface area contributed by atoms with Gasteiger partial charge in [-0.1, -0.05) is 19.3 Å². The number of hydrogen-bond donors (Lipinski definition) is 1. The van der Waals surface area contributed by atoms with Crippen molar-refractivity contribution in [1.82, 2.24) is 4.98 Å². The number of thioether (sulfide) groups is 1. The van der Waals surface area contributed by atoms with Crippen LogP contribution in [0.25, 0.3) is 0 Å². The summed E-state index contributed by atoms with van der Waals surface area (Å²) in [6, 6.07) is 0. The van der Waals surface area contributed by atoms with Gasteiger partial charge in [0.15, 0.2) is 0 Å². The normalized spacial score (nSPS) is 17.5. The first kappa shape index (κ1) is 11.9. The zero-order valence-corrected chi connectivity index (χ0v) is 10.6. The van der Waals surface area contributed by atoms with Crippen LogP contribution < -0.4 is 0 Å². The molecule has 5 heteroatoms. The number of hydrogen-bond acceptors (Lipinski definition) is 4. The maximum absolute atomic E-state index is 10.7. The number of carbonyl (C=O) groups is 1. The SMILES string of the molecule is O=C(O)c1nc(CSC2CCCCC2)cs1. The molecule has 1 fully saturated rings. The summed E-state index contributed by atoms with van der Waals surface area (Å²) < 4.78 is 0. The zero-order valence-electron chi connectivity index (χ0n) is 9.02. The van der Waals surface area contributed by atoms with Crippen LogP contribution in [-0.2, 0) is 5.75 Å². The van der Waals surface area contributed by atoms with E-state index in [2.05, 4.69) is 4.98 Å². The van der Waals surface area contributed by atoms with Gasteiger partial charge in [0.1, 0.15) is 0 Å². The molecule has 1 saturated carbocycles. The Balaban J connectivity index is 1.81. The van der Waals surface area contributed by atoms with Crippen molar-refractivity contribution < 1.29 is 9.90 Å². The molecule has 2 rings (SSSR count). The van der Waals surface area contributed by atoms with Crippen LogP contribution in [0.15, 0.2) is 5.38 Å². The van der Waals surface area contributed by atoms with Crippen molar-refractivity contribution in [2.45, 2.75) is 43.1 Å². The van der Waals surface area contributed by atoms with Gasteiger partial charge in [-0.3, -0.25) is 0 Å². The summed E-state index contributed by atoms with van der Waals surface area (Å²) in [6.07, 6.45) is 6.67. The molecule has 16 heavy (non-hydrogen) atoms. The lowest BCUT2D eigenvalue weighted by atomic mass is 10.0. The Labute approximate surface area is 103 Å². The number of carboxylic acid groups (broad SMARTS) is 1. The van der Waals surface area contributed by atoms with Crippen LogP contribution in [-0.4, -0.2) is 21.3 Å². The van der Waals surface area contributed by atoms with Crippen LogP contribution in [0.4, 0.5) is 0 Å². The zero-order chi connectivity index (χ0) is 11.4. The first-order chi connectivity index (χ1) is 7.75. The van der Waals surface area contributed by atoms with Crippen molar-refractivity contribution in [2.24, 2.45) is 0 Å². The fraction of sp³-hybridized carbons (Fsp3) is 0.636. The molecule has 3 nitrogen and oxygen atoms in total. The van der Waals surface area contributed by atoms with Gasteiger partial charge >= 0.3 is 5.97 Å². The Kier molecular flexibility index (Phi) is 4.23. The quantitative estimate of drug-likeness (QED) is 0.898. The van der Waals surface area contributed by atoms with E-state index < -0.39 is 5.97 Å². The minimum absolute atomic E-state index is 0.208. The van der Waals surface area contributed by atoms with E-state index in [-0.39, 0.29) is 5.01 Å². The largest absolute Gasteiger partial charge is 0.476 e. The second kappa shape index (κ2) is 5.68. The number of aromatic nitrogens is 1. The second-order valence-electron chi connectivity index (χ2n) is 4.02. The molecular weight excluding hydrogens is 242 g/mol. The molecule has 0 atom stereocenters. The summed E-state index contributed by atoms with van der Waals surface area (Å²) >= 11 is 3.15. The number of nitrogens with zero attached hydrogens (tertiary/aromatic N) is 1. The van der Waals surface area contributed by atoms with Crippen LogP contribution in [0.1, 0.15) is 47.6 Å². The standard InChI is InChI=1S/C11H15NO2S2/c13-11(14)10-12-8(7-16-10)6-15-9-4-2-1-3-5-9/h7,9H,1-6H2,(H,13,14). The molecule has 1 N–H and O–H groups in total. The third-order valence-corrected chi connectivity index (χ3v) is 5.04. The van der Waals surface area contributed by atoms with E-state index in [9.17, 15) is 4.79 Å². The molecule has 0 aliphatic heterocycles. The molecule has 88 valence electrons. The van der Waals surface area contributed by atoms with E-state index in [0.717, 1.165) is 16.7 Å². The van der Waals surface area contributed by atoms with E-state index in [0.29, 0.717) is 0 Å². The van der Waals surface area contributed by atoms with Crippen LogP contribution >= 0.6 is 23.1 Å². The lowest BCUT2D eigenvalue weighted by molar-refractivity contribution is 0.0696.